The molecule has 2 saturated carbocycles. The van der Waals surface area contributed by atoms with Gasteiger partial charge < -0.3 is 15.0 Å². The van der Waals surface area contributed by atoms with E-state index in [0.717, 1.165) is 52.3 Å². The first-order chi connectivity index (χ1) is 14.7. The van der Waals surface area contributed by atoms with Gasteiger partial charge in [0.1, 0.15) is 5.52 Å². The quantitative estimate of drug-likeness (QED) is 0.491. The molecule has 2 unspecified atom stereocenters. The van der Waals surface area contributed by atoms with E-state index in [4.69, 9.17) is 9.97 Å². The molecule has 0 amide bonds. The van der Waals surface area contributed by atoms with Gasteiger partial charge in [0.2, 0.25) is 0 Å². The Hall–Kier alpha value is -2.51. The number of hydrogen-bond donors (Lipinski definition) is 2. The van der Waals surface area contributed by atoms with Crippen molar-refractivity contribution in [3.8, 4) is 0 Å². The molecule has 0 spiro atoms. The van der Waals surface area contributed by atoms with Crippen LogP contribution >= 0.6 is 11.3 Å². The van der Waals surface area contributed by atoms with E-state index in [0.29, 0.717) is 5.92 Å². The van der Waals surface area contributed by atoms with Crippen LogP contribution in [0.15, 0.2) is 36.8 Å². The van der Waals surface area contributed by atoms with Crippen molar-refractivity contribution in [2.45, 2.75) is 63.1 Å². The Bertz CT molecular complexity index is 1210. The van der Waals surface area contributed by atoms with E-state index < -0.39 is 0 Å². The molecule has 0 saturated heterocycles. The molecule has 0 bridgehead atoms. The summed E-state index contributed by atoms with van der Waals surface area (Å²) in [6, 6.07) is 8.73. The summed E-state index contributed by atoms with van der Waals surface area (Å²) in [5.74, 6) is 0.693. The van der Waals surface area contributed by atoms with Crippen LogP contribution in [-0.4, -0.2) is 36.8 Å². The fourth-order valence-corrected chi connectivity index (χ4v) is 5.48. The van der Waals surface area contributed by atoms with Crippen LogP contribution in [0.4, 0.5) is 5.13 Å². The van der Waals surface area contributed by atoms with Gasteiger partial charge in [-0.3, -0.25) is 0 Å². The van der Waals surface area contributed by atoms with Crippen molar-refractivity contribution in [2.75, 3.05) is 5.32 Å². The van der Waals surface area contributed by atoms with Crippen LogP contribution in [-0.2, 0) is 6.54 Å². The Kier molecular flexibility index (Phi) is 4.46. The maximum atomic E-state index is 10.2. The zero-order valence-electron chi connectivity index (χ0n) is 16.8. The average molecular weight is 420 g/mol. The van der Waals surface area contributed by atoms with Gasteiger partial charge in [-0.25, -0.2) is 15.0 Å². The smallest absolute Gasteiger partial charge is 0.184 e. The summed E-state index contributed by atoms with van der Waals surface area (Å²) in [6.45, 7) is 0.740. The minimum absolute atomic E-state index is 0.114. The SMILES string of the molecule is OC1CCCCC1Nc1nc2ccc(Cn3cnc4cc(C5CC5)cnc43)cc2s1. The largest absolute Gasteiger partial charge is 0.391 e. The average Bonchev–Trinajstić information content (AvgIpc) is 3.42. The Morgan fingerprint density at radius 3 is 2.83 bits per heavy atom. The molecule has 2 fully saturated rings. The number of aromatic nitrogens is 4. The second kappa shape index (κ2) is 7.32. The van der Waals surface area contributed by atoms with E-state index in [1.54, 1.807) is 11.3 Å². The minimum Gasteiger partial charge on any atom is -0.391 e. The number of aliphatic hydroxyl groups is 1. The van der Waals surface area contributed by atoms with Crippen LogP contribution in [0.3, 0.4) is 0 Å². The molecule has 4 aromatic rings. The standard InChI is InChI=1S/C23H25N5OS/c29-20-4-2-1-3-17(20)26-23-27-18-8-5-14(9-21(18)30-23)12-28-13-25-19-10-16(15-6-7-15)11-24-22(19)28/h5,8-11,13,15,17,20,29H,1-4,6-7,12H2,(H,26,27). The molecule has 3 aromatic heterocycles. The zero-order chi connectivity index (χ0) is 20.1. The number of imidazole rings is 1. The lowest BCUT2D eigenvalue weighted by Crippen LogP contribution is -2.36. The maximum absolute atomic E-state index is 10.2. The summed E-state index contributed by atoms with van der Waals surface area (Å²) in [6.07, 6.45) is 10.3. The number of hydrogen-bond acceptors (Lipinski definition) is 6. The second-order valence-corrected chi connectivity index (χ2v) is 9.71. The third kappa shape index (κ3) is 3.46. The van der Waals surface area contributed by atoms with E-state index in [9.17, 15) is 5.11 Å². The van der Waals surface area contributed by atoms with Gasteiger partial charge in [-0.2, -0.15) is 0 Å². The van der Waals surface area contributed by atoms with Crippen molar-refractivity contribution in [3.05, 3.63) is 47.9 Å². The molecule has 2 aliphatic carbocycles. The van der Waals surface area contributed by atoms with Crippen LogP contribution in [0.1, 0.15) is 55.6 Å². The van der Waals surface area contributed by atoms with Crippen molar-refractivity contribution in [1.29, 1.82) is 0 Å². The van der Waals surface area contributed by atoms with Gasteiger partial charge in [-0.05, 0) is 60.9 Å². The normalized spacial score (nSPS) is 22.0. The summed E-state index contributed by atoms with van der Waals surface area (Å²) in [7, 11) is 0. The molecule has 7 heteroatoms. The minimum atomic E-state index is -0.274. The molecule has 2 N–H and O–H groups in total. The first kappa shape index (κ1) is 18.3. The molecule has 1 aromatic carbocycles. The fraction of sp³-hybridized carbons (Fsp3) is 0.435. The lowest BCUT2D eigenvalue weighted by Gasteiger charge is -2.27. The van der Waals surface area contributed by atoms with Gasteiger partial charge in [0.25, 0.3) is 0 Å². The van der Waals surface area contributed by atoms with Crippen molar-refractivity contribution in [1.82, 2.24) is 19.5 Å². The number of fused-ring (bicyclic) bond motifs is 2. The topological polar surface area (TPSA) is 75.9 Å². The highest BCUT2D eigenvalue weighted by Crippen LogP contribution is 2.40. The number of rotatable bonds is 5. The summed E-state index contributed by atoms with van der Waals surface area (Å²) in [5.41, 5.74) is 5.46. The van der Waals surface area contributed by atoms with E-state index in [2.05, 4.69) is 39.1 Å². The third-order valence-electron chi connectivity index (χ3n) is 6.37. The van der Waals surface area contributed by atoms with Gasteiger partial charge >= 0.3 is 0 Å². The second-order valence-electron chi connectivity index (χ2n) is 8.68. The molecule has 6 rings (SSSR count). The molecular weight excluding hydrogens is 394 g/mol. The van der Waals surface area contributed by atoms with Crippen LogP contribution in [0.25, 0.3) is 21.4 Å². The predicted octanol–water partition coefficient (Wildman–Crippen LogP) is 4.68. The van der Waals surface area contributed by atoms with Gasteiger partial charge in [-0.15, -0.1) is 0 Å². The summed E-state index contributed by atoms with van der Waals surface area (Å²) in [4.78, 5) is 14.0. The molecular formula is C23H25N5OS. The van der Waals surface area contributed by atoms with Crippen molar-refractivity contribution >= 4 is 37.8 Å². The first-order valence-electron chi connectivity index (χ1n) is 10.9. The first-order valence-corrected chi connectivity index (χ1v) is 11.7. The number of benzene rings is 1. The molecule has 30 heavy (non-hydrogen) atoms. The number of nitrogens with zero attached hydrogens (tertiary/aromatic N) is 4. The van der Waals surface area contributed by atoms with Crippen molar-refractivity contribution < 1.29 is 5.11 Å². The molecule has 2 aliphatic rings. The molecule has 3 heterocycles. The van der Waals surface area contributed by atoms with Gasteiger partial charge in [0.15, 0.2) is 10.8 Å². The van der Waals surface area contributed by atoms with Crippen LogP contribution < -0.4 is 5.32 Å². The van der Waals surface area contributed by atoms with E-state index in [-0.39, 0.29) is 12.1 Å². The summed E-state index contributed by atoms with van der Waals surface area (Å²) in [5, 5.41) is 14.6. The fourth-order valence-electron chi connectivity index (χ4n) is 4.48. The van der Waals surface area contributed by atoms with Crippen LogP contribution in [0.5, 0.6) is 0 Å². The predicted molar refractivity (Wildman–Crippen MR) is 120 cm³/mol. The zero-order valence-corrected chi connectivity index (χ0v) is 17.6. The Balaban J connectivity index is 1.23. The Morgan fingerprint density at radius 2 is 1.97 bits per heavy atom. The van der Waals surface area contributed by atoms with Gasteiger partial charge in [0.05, 0.1) is 35.2 Å². The van der Waals surface area contributed by atoms with E-state index >= 15 is 0 Å². The Morgan fingerprint density at radius 1 is 1.07 bits per heavy atom. The molecule has 0 aliphatic heterocycles. The van der Waals surface area contributed by atoms with Crippen LogP contribution in [0, 0.1) is 0 Å². The number of thiazole rings is 1. The van der Waals surface area contributed by atoms with Gasteiger partial charge in [0, 0.05) is 6.20 Å². The number of pyridine rings is 1. The van der Waals surface area contributed by atoms with Crippen molar-refractivity contribution in [3.63, 3.8) is 0 Å². The highest BCUT2D eigenvalue weighted by Gasteiger charge is 2.25. The lowest BCUT2D eigenvalue weighted by molar-refractivity contribution is 0.116. The van der Waals surface area contributed by atoms with E-state index in [1.807, 2.05) is 12.5 Å². The third-order valence-corrected chi connectivity index (χ3v) is 7.32. The highest BCUT2D eigenvalue weighted by molar-refractivity contribution is 7.22. The van der Waals surface area contributed by atoms with E-state index in [1.165, 1.54) is 30.4 Å². The number of nitrogens with one attached hydrogen (secondary N) is 1. The van der Waals surface area contributed by atoms with Gasteiger partial charge in [-0.1, -0.05) is 30.2 Å². The Labute approximate surface area is 179 Å². The molecule has 0 radical (unpaired) electrons. The molecule has 154 valence electrons. The number of anilines is 1. The monoisotopic (exact) mass is 419 g/mol. The summed E-state index contributed by atoms with van der Waals surface area (Å²) < 4.78 is 3.28. The number of aliphatic hydroxyl groups excluding tert-OH is 1. The molecule has 6 nitrogen and oxygen atoms in total. The lowest BCUT2D eigenvalue weighted by atomic mass is 9.93. The van der Waals surface area contributed by atoms with Crippen molar-refractivity contribution in [2.24, 2.45) is 0 Å². The van der Waals surface area contributed by atoms with Crippen LogP contribution in [0.2, 0.25) is 0 Å². The highest BCUT2D eigenvalue weighted by atomic mass is 32.1. The summed E-state index contributed by atoms with van der Waals surface area (Å²) >= 11 is 1.66. The maximum Gasteiger partial charge on any atom is 0.184 e. The molecule has 2 atom stereocenters.